The Morgan fingerprint density at radius 3 is 2.76 bits per heavy atom. The summed E-state index contributed by atoms with van der Waals surface area (Å²) in [5, 5.41) is 2.81. The molecule has 1 amide bonds. The Morgan fingerprint density at radius 2 is 2.06 bits per heavy atom. The number of para-hydroxylation sites is 1. The summed E-state index contributed by atoms with van der Waals surface area (Å²) >= 11 is 2.16. The van der Waals surface area contributed by atoms with Crippen LogP contribution in [0.4, 0.5) is 11.4 Å². The van der Waals surface area contributed by atoms with E-state index in [9.17, 15) is 4.79 Å². The summed E-state index contributed by atoms with van der Waals surface area (Å²) in [4.78, 5) is 15.8. The summed E-state index contributed by atoms with van der Waals surface area (Å²) in [5.41, 5.74) is 7.26. The maximum absolute atomic E-state index is 12.0. The number of nitrogens with one attached hydrogen (secondary N) is 1. The standard InChI is InChI=1S/C12H10IN3O/c13-9-3-1-2-4-11(9)16-12(17)8-5-6-15-7-10(8)14/h1-7H,14H2,(H,16,17). The van der Waals surface area contributed by atoms with Crippen LogP contribution < -0.4 is 11.1 Å². The second-order valence-electron chi connectivity index (χ2n) is 3.40. The normalized spacial score (nSPS) is 9.94. The zero-order valence-electron chi connectivity index (χ0n) is 8.85. The molecule has 0 spiro atoms. The van der Waals surface area contributed by atoms with Crippen LogP contribution in [-0.4, -0.2) is 10.9 Å². The highest BCUT2D eigenvalue weighted by Crippen LogP contribution is 2.19. The van der Waals surface area contributed by atoms with Crippen molar-refractivity contribution in [3.8, 4) is 0 Å². The molecule has 0 fully saturated rings. The Labute approximate surface area is 112 Å². The molecule has 0 unspecified atom stereocenters. The van der Waals surface area contributed by atoms with Crippen molar-refractivity contribution in [1.82, 2.24) is 4.98 Å². The summed E-state index contributed by atoms with van der Waals surface area (Å²) in [6.45, 7) is 0. The minimum Gasteiger partial charge on any atom is -0.397 e. The number of carbonyl (C=O) groups is 1. The van der Waals surface area contributed by atoms with Gasteiger partial charge >= 0.3 is 0 Å². The molecular formula is C12H10IN3O. The van der Waals surface area contributed by atoms with Gasteiger partial charge in [-0.05, 0) is 40.8 Å². The van der Waals surface area contributed by atoms with Crippen molar-refractivity contribution in [3.05, 3.63) is 51.9 Å². The lowest BCUT2D eigenvalue weighted by Gasteiger charge is -2.08. The third-order valence-electron chi connectivity index (χ3n) is 2.22. The van der Waals surface area contributed by atoms with Gasteiger partial charge in [0.2, 0.25) is 0 Å². The number of nitrogen functional groups attached to an aromatic ring is 1. The van der Waals surface area contributed by atoms with Gasteiger partial charge in [-0.3, -0.25) is 9.78 Å². The molecule has 1 aromatic carbocycles. The first-order valence-electron chi connectivity index (χ1n) is 4.94. The molecule has 1 aromatic heterocycles. The number of pyridine rings is 1. The fourth-order valence-electron chi connectivity index (χ4n) is 1.37. The SMILES string of the molecule is Nc1cnccc1C(=O)Nc1ccccc1I. The van der Waals surface area contributed by atoms with Gasteiger partial charge in [0, 0.05) is 9.77 Å². The Kier molecular flexibility index (Phi) is 3.58. The predicted molar refractivity (Wildman–Crippen MR) is 75.8 cm³/mol. The van der Waals surface area contributed by atoms with E-state index in [1.165, 1.54) is 6.20 Å². The van der Waals surface area contributed by atoms with Crippen LogP contribution in [0.3, 0.4) is 0 Å². The third kappa shape index (κ3) is 2.73. The second kappa shape index (κ2) is 5.13. The molecule has 0 aliphatic rings. The maximum Gasteiger partial charge on any atom is 0.257 e. The Balaban J connectivity index is 2.24. The quantitative estimate of drug-likeness (QED) is 0.827. The number of halogens is 1. The zero-order chi connectivity index (χ0) is 12.3. The van der Waals surface area contributed by atoms with Crippen LogP contribution in [0.1, 0.15) is 10.4 Å². The predicted octanol–water partition coefficient (Wildman–Crippen LogP) is 2.52. The number of benzene rings is 1. The van der Waals surface area contributed by atoms with Crippen molar-refractivity contribution >= 4 is 39.9 Å². The number of rotatable bonds is 2. The van der Waals surface area contributed by atoms with Crippen molar-refractivity contribution in [1.29, 1.82) is 0 Å². The maximum atomic E-state index is 12.0. The van der Waals surface area contributed by atoms with Gasteiger partial charge in [0.05, 0.1) is 23.1 Å². The molecule has 17 heavy (non-hydrogen) atoms. The molecule has 0 saturated carbocycles. The number of carbonyl (C=O) groups excluding carboxylic acids is 1. The molecule has 0 aliphatic heterocycles. The Bertz CT molecular complexity index is 557. The van der Waals surface area contributed by atoms with Crippen LogP contribution in [-0.2, 0) is 0 Å². The summed E-state index contributed by atoms with van der Waals surface area (Å²) in [6.07, 6.45) is 3.01. The van der Waals surface area contributed by atoms with E-state index in [1.807, 2.05) is 24.3 Å². The molecular weight excluding hydrogens is 329 g/mol. The van der Waals surface area contributed by atoms with E-state index in [0.29, 0.717) is 11.3 Å². The van der Waals surface area contributed by atoms with Crippen LogP contribution in [0.15, 0.2) is 42.7 Å². The van der Waals surface area contributed by atoms with E-state index in [4.69, 9.17) is 5.73 Å². The van der Waals surface area contributed by atoms with Crippen molar-refractivity contribution in [2.45, 2.75) is 0 Å². The van der Waals surface area contributed by atoms with Crippen LogP contribution in [0.5, 0.6) is 0 Å². The van der Waals surface area contributed by atoms with Gasteiger partial charge in [-0.15, -0.1) is 0 Å². The number of amides is 1. The first-order valence-corrected chi connectivity index (χ1v) is 6.01. The van der Waals surface area contributed by atoms with E-state index in [-0.39, 0.29) is 5.91 Å². The highest BCUT2D eigenvalue weighted by molar-refractivity contribution is 14.1. The van der Waals surface area contributed by atoms with Gasteiger partial charge in [0.25, 0.3) is 5.91 Å². The smallest absolute Gasteiger partial charge is 0.257 e. The Morgan fingerprint density at radius 1 is 1.29 bits per heavy atom. The van der Waals surface area contributed by atoms with Crippen molar-refractivity contribution < 1.29 is 4.79 Å². The summed E-state index contributed by atoms with van der Waals surface area (Å²) < 4.78 is 0.978. The summed E-state index contributed by atoms with van der Waals surface area (Å²) in [5.74, 6) is -0.228. The second-order valence-corrected chi connectivity index (χ2v) is 4.56. The number of hydrogen-bond donors (Lipinski definition) is 2. The molecule has 0 atom stereocenters. The molecule has 4 nitrogen and oxygen atoms in total. The Hall–Kier alpha value is -1.63. The highest BCUT2D eigenvalue weighted by Gasteiger charge is 2.10. The van der Waals surface area contributed by atoms with Gasteiger partial charge in [-0.2, -0.15) is 0 Å². The van der Waals surface area contributed by atoms with Gasteiger partial charge in [-0.1, -0.05) is 12.1 Å². The minimum absolute atomic E-state index is 0.228. The molecule has 5 heteroatoms. The van der Waals surface area contributed by atoms with E-state index >= 15 is 0 Å². The molecule has 3 N–H and O–H groups in total. The minimum atomic E-state index is -0.228. The topological polar surface area (TPSA) is 68.0 Å². The fraction of sp³-hybridized carbons (Fsp3) is 0. The zero-order valence-corrected chi connectivity index (χ0v) is 11.0. The summed E-state index contributed by atoms with van der Waals surface area (Å²) in [7, 11) is 0. The number of nitrogens with zero attached hydrogens (tertiary/aromatic N) is 1. The van der Waals surface area contributed by atoms with Gasteiger partial charge < -0.3 is 11.1 Å². The van der Waals surface area contributed by atoms with Crippen LogP contribution in [0.2, 0.25) is 0 Å². The van der Waals surface area contributed by atoms with Crippen molar-refractivity contribution in [2.24, 2.45) is 0 Å². The van der Waals surface area contributed by atoms with Crippen LogP contribution in [0.25, 0.3) is 0 Å². The number of anilines is 2. The van der Waals surface area contributed by atoms with Crippen molar-refractivity contribution in [2.75, 3.05) is 11.1 Å². The molecule has 2 aromatic rings. The lowest BCUT2D eigenvalue weighted by atomic mass is 10.2. The molecule has 0 saturated heterocycles. The summed E-state index contributed by atoms with van der Waals surface area (Å²) in [6, 6.07) is 9.15. The van der Waals surface area contributed by atoms with Gasteiger partial charge in [-0.25, -0.2) is 0 Å². The number of aromatic nitrogens is 1. The number of nitrogens with two attached hydrogens (primary N) is 1. The van der Waals surface area contributed by atoms with Crippen LogP contribution in [0, 0.1) is 3.57 Å². The van der Waals surface area contributed by atoms with E-state index in [0.717, 1.165) is 9.26 Å². The lowest BCUT2D eigenvalue weighted by molar-refractivity contribution is 0.102. The third-order valence-corrected chi connectivity index (χ3v) is 3.16. The molecule has 0 bridgehead atoms. The lowest BCUT2D eigenvalue weighted by Crippen LogP contribution is -2.14. The first-order chi connectivity index (χ1) is 8.18. The van der Waals surface area contributed by atoms with E-state index < -0.39 is 0 Å². The van der Waals surface area contributed by atoms with E-state index in [2.05, 4.69) is 32.9 Å². The van der Waals surface area contributed by atoms with Gasteiger partial charge in [0.15, 0.2) is 0 Å². The largest absolute Gasteiger partial charge is 0.397 e. The first kappa shape index (κ1) is 11.8. The van der Waals surface area contributed by atoms with Gasteiger partial charge in [0.1, 0.15) is 0 Å². The highest BCUT2D eigenvalue weighted by atomic mass is 127. The van der Waals surface area contributed by atoms with Crippen LogP contribution >= 0.6 is 22.6 Å². The fourth-order valence-corrected chi connectivity index (χ4v) is 1.89. The molecule has 1 heterocycles. The molecule has 2 rings (SSSR count). The monoisotopic (exact) mass is 339 g/mol. The average Bonchev–Trinajstić information content (AvgIpc) is 2.32. The number of hydrogen-bond acceptors (Lipinski definition) is 3. The van der Waals surface area contributed by atoms with Crippen molar-refractivity contribution in [3.63, 3.8) is 0 Å². The van der Waals surface area contributed by atoms with E-state index in [1.54, 1.807) is 12.3 Å². The molecule has 0 radical (unpaired) electrons. The average molecular weight is 339 g/mol. The molecule has 0 aliphatic carbocycles. The molecule has 86 valence electrons.